The van der Waals surface area contributed by atoms with Gasteiger partial charge in [-0.3, -0.25) is 9.10 Å². The molecule has 1 heterocycles. The van der Waals surface area contributed by atoms with Gasteiger partial charge in [-0.05, 0) is 93.4 Å². The number of aryl methyl sites for hydroxylation is 3. The molecule has 4 aromatic rings. The molecule has 0 unspecified atom stereocenters. The number of ether oxygens (including phenoxy) is 1. The minimum absolute atomic E-state index is 0.342. The second-order valence-electron chi connectivity index (χ2n) is 9.40. The minimum Gasteiger partial charge on any atom is -0.457 e. The Kier molecular flexibility index (Phi) is 8.21. The maximum absolute atomic E-state index is 12.7. The highest BCUT2D eigenvalue weighted by Gasteiger charge is 2.21. The Bertz CT molecular complexity index is 1610. The third-order valence-electron chi connectivity index (χ3n) is 6.40. The van der Waals surface area contributed by atoms with Crippen molar-refractivity contribution in [3.63, 3.8) is 0 Å². The van der Waals surface area contributed by atoms with Crippen molar-refractivity contribution in [1.82, 2.24) is 9.99 Å². The van der Waals surface area contributed by atoms with Crippen LogP contribution >= 0.6 is 0 Å². The van der Waals surface area contributed by atoms with Crippen LogP contribution in [0.4, 0.5) is 5.69 Å². The molecule has 1 aromatic heterocycles. The third kappa shape index (κ3) is 6.74. The summed E-state index contributed by atoms with van der Waals surface area (Å²) in [5.41, 5.74) is 9.14. The Balaban J connectivity index is 1.44. The van der Waals surface area contributed by atoms with Gasteiger partial charge < -0.3 is 9.30 Å². The molecule has 3 aromatic carbocycles. The summed E-state index contributed by atoms with van der Waals surface area (Å²) in [5.74, 6) is 0.646. The summed E-state index contributed by atoms with van der Waals surface area (Å²) in [7, 11) is -3.73. The lowest BCUT2D eigenvalue weighted by Gasteiger charge is -2.21. The van der Waals surface area contributed by atoms with Gasteiger partial charge in [0.15, 0.2) is 0 Å². The van der Waals surface area contributed by atoms with Crippen molar-refractivity contribution >= 4 is 27.8 Å². The quantitative estimate of drug-likeness (QED) is 0.225. The average molecular weight is 545 g/mol. The second-order valence-corrected chi connectivity index (χ2v) is 11.3. The van der Waals surface area contributed by atoms with Crippen molar-refractivity contribution in [2.45, 2.75) is 27.7 Å². The Morgan fingerprint density at radius 3 is 2.23 bits per heavy atom. The topological polar surface area (TPSA) is 93.0 Å². The predicted molar refractivity (Wildman–Crippen MR) is 156 cm³/mol. The van der Waals surface area contributed by atoms with Gasteiger partial charge in [0.05, 0.1) is 18.2 Å². The Hall–Kier alpha value is -4.37. The standard InChI is InChI=1S/C30H32N4O4S/c1-21-11-12-27(17-22(21)2)34-23(3)18-25(24(34)4)19-31-32-30(35)20-33(39(5,36)37)26-13-15-29(16-14-26)38-28-9-7-6-8-10-28/h6-19H,20H2,1-5H3,(H,32,35)/b31-19+. The van der Waals surface area contributed by atoms with Crippen molar-refractivity contribution in [2.75, 3.05) is 17.1 Å². The second kappa shape index (κ2) is 11.6. The van der Waals surface area contributed by atoms with Gasteiger partial charge in [0.25, 0.3) is 5.91 Å². The predicted octanol–water partition coefficient (Wildman–Crippen LogP) is 5.42. The number of sulfonamides is 1. The number of rotatable bonds is 9. The number of amides is 1. The molecule has 0 atom stereocenters. The lowest BCUT2D eigenvalue weighted by Crippen LogP contribution is -2.39. The van der Waals surface area contributed by atoms with E-state index in [-0.39, 0.29) is 0 Å². The van der Waals surface area contributed by atoms with Crippen LogP contribution in [0.15, 0.2) is 84.0 Å². The molecular formula is C30H32N4O4S. The molecule has 39 heavy (non-hydrogen) atoms. The molecule has 0 spiro atoms. The summed E-state index contributed by atoms with van der Waals surface area (Å²) in [6, 6.07) is 24.0. The van der Waals surface area contributed by atoms with E-state index >= 15 is 0 Å². The Labute approximate surface area is 229 Å². The van der Waals surface area contributed by atoms with Crippen molar-refractivity contribution in [1.29, 1.82) is 0 Å². The van der Waals surface area contributed by atoms with E-state index in [1.165, 1.54) is 11.1 Å². The van der Waals surface area contributed by atoms with E-state index in [1.807, 2.05) is 50.2 Å². The number of benzene rings is 3. The molecular weight excluding hydrogens is 512 g/mol. The first-order valence-electron chi connectivity index (χ1n) is 12.4. The van der Waals surface area contributed by atoms with E-state index in [9.17, 15) is 13.2 Å². The molecule has 9 heteroatoms. The molecule has 0 bridgehead atoms. The zero-order valence-electron chi connectivity index (χ0n) is 22.7. The van der Waals surface area contributed by atoms with Crippen LogP contribution in [0.3, 0.4) is 0 Å². The summed E-state index contributed by atoms with van der Waals surface area (Å²) < 4.78 is 33.9. The maximum atomic E-state index is 12.7. The zero-order valence-corrected chi connectivity index (χ0v) is 23.5. The van der Waals surface area contributed by atoms with E-state index in [1.54, 1.807) is 30.5 Å². The molecule has 1 N–H and O–H groups in total. The first kappa shape index (κ1) is 27.7. The minimum atomic E-state index is -3.73. The summed E-state index contributed by atoms with van der Waals surface area (Å²) in [6.45, 7) is 7.74. The summed E-state index contributed by atoms with van der Waals surface area (Å²) >= 11 is 0. The number of nitrogens with one attached hydrogen (secondary N) is 1. The third-order valence-corrected chi connectivity index (χ3v) is 7.54. The Morgan fingerprint density at radius 2 is 1.59 bits per heavy atom. The van der Waals surface area contributed by atoms with Crippen LogP contribution in [0.5, 0.6) is 11.5 Å². The molecule has 8 nitrogen and oxygen atoms in total. The average Bonchev–Trinajstić information content (AvgIpc) is 3.17. The van der Waals surface area contributed by atoms with Crippen molar-refractivity contribution < 1.29 is 17.9 Å². The number of hydrogen-bond acceptors (Lipinski definition) is 5. The van der Waals surface area contributed by atoms with E-state index in [0.717, 1.165) is 33.2 Å². The van der Waals surface area contributed by atoms with Gasteiger partial charge in [-0.2, -0.15) is 5.10 Å². The van der Waals surface area contributed by atoms with Gasteiger partial charge in [-0.15, -0.1) is 0 Å². The van der Waals surface area contributed by atoms with Gasteiger partial charge in [0.1, 0.15) is 18.0 Å². The molecule has 4 rings (SSSR count). The van der Waals surface area contributed by atoms with Crippen LogP contribution in [0.25, 0.3) is 5.69 Å². The van der Waals surface area contributed by atoms with E-state index < -0.39 is 22.5 Å². The highest BCUT2D eigenvalue weighted by molar-refractivity contribution is 7.92. The van der Waals surface area contributed by atoms with Crippen LogP contribution in [0.2, 0.25) is 0 Å². The molecule has 0 aliphatic heterocycles. The molecule has 0 fully saturated rings. The van der Waals surface area contributed by atoms with Crippen LogP contribution in [0.1, 0.15) is 28.1 Å². The fraction of sp³-hybridized carbons (Fsp3) is 0.200. The monoisotopic (exact) mass is 544 g/mol. The number of hydrogen-bond donors (Lipinski definition) is 1. The van der Waals surface area contributed by atoms with Crippen LogP contribution in [0, 0.1) is 27.7 Å². The van der Waals surface area contributed by atoms with Gasteiger partial charge >= 0.3 is 0 Å². The fourth-order valence-corrected chi connectivity index (χ4v) is 5.08. The fourth-order valence-electron chi connectivity index (χ4n) is 4.23. The lowest BCUT2D eigenvalue weighted by atomic mass is 10.1. The molecule has 0 aliphatic rings. The van der Waals surface area contributed by atoms with Crippen LogP contribution < -0.4 is 14.5 Å². The van der Waals surface area contributed by atoms with Crippen molar-refractivity contribution in [2.24, 2.45) is 5.10 Å². The first-order chi connectivity index (χ1) is 18.5. The zero-order chi connectivity index (χ0) is 28.2. The molecule has 0 radical (unpaired) electrons. The number of nitrogens with zero attached hydrogens (tertiary/aromatic N) is 3. The number of anilines is 1. The van der Waals surface area contributed by atoms with Crippen molar-refractivity contribution in [3.8, 4) is 17.2 Å². The number of para-hydroxylation sites is 1. The largest absolute Gasteiger partial charge is 0.457 e. The number of carbonyl (C=O) groups is 1. The van der Waals surface area contributed by atoms with Gasteiger partial charge in [0, 0.05) is 22.6 Å². The van der Waals surface area contributed by atoms with Crippen molar-refractivity contribution in [3.05, 3.63) is 107 Å². The van der Waals surface area contributed by atoms with E-state index in [2.05, 4.69) is 47.1 Å². The molecule has 1 amide bonds. The number of hydrazone groups is 1. The maximum Gasteiger partial charge on any atom is 0.260 e. The van der Waals surface area contributed by atoms with Gasteiger partial charge in [-0.25, -0.2) is 13.8 Å². The van der Waals surface area contributed by atoms with E-state index in [4.69, 9.17) is 4.74 Å². The summed E-state index contributed by atoms with van der Waals surface area (Å²) in [5, 5.41) is 4.09. The smallest absolute Gasteiger partial charge is 0.260 e. The number of carbonyl (C=O) groups excluding carboxylic acids is 1. The molecule has 0 saturated carbocycles. The van der Waals surface area contributed by atoms with Crippen LogP contribution in [-0.4, -0.2) is 37.9 Å². The van der Waals surface area contributed by atoms with Gasteiger partial charge in [0.2, 0.25) is 10.0 Å². The Morgan fingerprint density at radius 1 is 0.923 bits per heavy atom. The normalized spacial score (nSPS) is 11.5. The molecule has 0 saturated heterocycles. The molecule has 202 valence electrons. The first-order valence-corrected chi connectivity index (χ1v) is 14.3. The summed E-state index contributed by atoms with van der Waals surface area (Å²) in [4.78, 5) is 12.7. The molecule has 0 aliphatic carbocycles. The number of aromatic nitrogens is 1. The van der Waals surface area contributed by atoms with Crippen LogP contribution in [-0.2, 0) is 14.8 Å². The highest BCUT2D eigenvalue weighted by atomic mass is 32.2. The van der Waals surface area contributed by atoms with Gasteiger partial charge in [-0.1, -0.05) is 24.3 Å². The summed E-state index contributed by atoms with van der Waals surface area (Å²) in [6.07, 6.45) is 2.62. The SMILES string of the molecule is Cc1ccc(-n2c(C)cc(/C=N/NC(=O)CN(c3ccc(Oc4ccccc4)cc3)S(C)(=O)=O)c2C)cc1C. The highest BCUT2D eigenvalue weighted by Crippen LogP contribution is 2.26. The van der Waals surface area contributed by atoms with E-state index in [0.29, 0.717) is 17.2 Å². The lowest BCUT2D eigenvalue weighted by molar-refractivity contribution is -0.119.